The quantitative estimate of drug-likeness (QED) is 0.496. The zero-order chi connectivity index (χ0) is 24.0. The Morgan fingerprint density at radius 3 is 2.56 bits per heavy atom. The van der Waals surface area contributed by atoms with Crippen molar-refractivity contribution in [3.63, 3.8) is 0 Å². The molecule has 1 fully saturated rings. The number of halogens is 1. The smallest absolute Gasteiger partial charge is 0.254 e. The molecule has 1 aliphatic heterocycles. The molecule has 2 aromatic rings. The Morgan fingerprint density at radius 1 is 1.18 bits per heavy atom. The van der Waals surface area contributed by atoms with Crippen LogP contribution in [0.25, 0.3) is 10.8 Å². The first-order valence-electron chi connectivity index (χ1n) is 11.4. The second kappa shape index (κ2) is 12.1. The summed E-state index contributed by atoms with van der Waals surface area (Å²) < 4.78 is 5.32. The Bertz CT molecular complexity index is 1010. The van der Waals surface area contributed by atoms with Gasteiger partial charge in [-0.25, -0.2) is 0 Å². The number of carbonyl (C=O) groups excluding carboxylic acids is 3. The number of nitrogens with one attached hydrogen (secondary N) is 2. The van der Waals surface area contributed by atoms with Crippen LogP contribution in [0.5, 0.6) is 0 Å². The van der Waals surface area contributed by atoms with Gasteiger partial charge in [-0.2, -0.15) is 0 Å². The van der Waals surface area contributed by atoms with E-state index in [1.807, 2.05) is 42.5 Å². The van der Waals surface area contributed by atoms with E-state index in [9.17, 15) is 14.4 Å². The van der Waals surface area contributed by atoms with Crippen molar-refractivity contribution in [2.75, 3.05) is 26.7 Å². The Labute approximate surface area is 207 Å². The summed E-state index contributed by atoms with van der Waals surface area (Å²) in [5.74, 6) is -0.863. The van der Waals surface area contributed by atoms with Gasteiger partial charge in [-0.1, -0.05) is 42.5 Å². The maximum atomic E-state index is 13.2. The number of likely N-dealkylation sites (tertiary alicyclic amines) is 1. The largest absolute Gasteiger partial charge is 0.369 e. The monoisotopic (exact) mass is 490 g/mol. The van der Waals surface area contributed by atoms with Gasteiger partial charge in [0.1, 0.15) is 17.7 Å². The lowest BCUT2D eigenvalue weighted by atomic mass is 10.0. The van der Waals surface area contributed by atoms with E-state index in [4.69, 9.17) is 10.5 Å². The molecular weight excluding hydrogens is 456 g/mol. The van der Waals surface area contributed by atoms with E-state index in [0.717, 1.165) is 22.8 Å². The first-order valence-corrected chi connectivity index (χ1v) is 11.4. The number of nitrogens with zero attached hydrogens (tertiary/aromatic N) is 1. The second-order valence-corrected chi connectivity index (χ2v) is 8.90. The number of benzene rings is 2. The lowest BCUT2D eigenvalue weighted by molar-refractivity contribution is -0.154. The number of rotatable bonds is 9. The molecule has 3 amide bonds. The first kappa shape index (κ1) is 27.6. The molecular formula is C25H35ClN4O4. The number of amides is 3. The van der Waals surface area contributed by atoms with Crippen molar-refractivity contribution in [2.24, 2.45) is 5.73 Å². The van der Waals surface area contributed by atoms with Crippen LogP contribution in [0.4, 0.5) is 0 Å². The summed E-state index contributed by atoms with van der Waals surface area (Å²) in [5, 5.41) is 7.84. The molecule has 9 heteroatoms. The molecule has 4 N–H and O–H groups in total. The van der Waals surface area contributed by atoms with E-state index in [1.165, 1.54) is 7.11 Å². The molecule has 0 radical (unpaired) electrons. The van der Waals surface area contributed by atoms with Gasteiger partial charge in [0.05, 0.1) is 0 Å². The molecule has 1 heterocycles. The molecule has 0 bridgehead atoms. The summed E-state index contributed by atoms with van der Waals surface area (Å²) >= 11 is 0. The van der Waals surface area contributed by atoms with Gasteiger partial charge in [0.15, 0.2) is 0 Å². The number of hydrogen-bond donors (Lipinski definition) is 3. The van der Waals surface area contributed by atoms with Crippen molar-refractivity contribution in [1.29, 1.82) is 0 Å². The van der Waals surface area contributed by atoms with Gasteiger partial charge in [0.2, 0.25) is 11.8 Å². The third-order valence-corrected chi connectivity index (χ3v) is 6.17. The molecule has 0 unspecified atom stereocenters. The third kappa shape index (κ3) is 6.46. The first-order chi connectivity index (χ1) is 15.8. The fraction of sp³-hybridized carbons (Fsp3) is 0.480. The van der Waals surface area contributed by atoms with Crippen LogP contribution in [0.15, 0.2) is 42.5 Å². The van der Waals surface area contributed by atoms with Gasteiger partial charge in [-0.3, -0.25) is 14.4 Å². The van der Waals surface area contributed by atoms with Crippen molar-refractivity contribution in [2.45, 2.75) is 50.8 Å². The fourth-order valence-electron chi connectivity index (χ4n) is 4.11. The Balaban J connectivity index is 0.00000408. The number of carbonyl (C=O) groups is 3. The van der Waals surface area contributed by atoms with Crippen LogP contribution in [0.3, 0.4) is 0 Å². The maximum Gasteiger partial charge on any atom is 0.254 e. The van der Waals surface area contributed by atoms with Crippen molar-refractivity contribution in [1.82, 2.24) is 15.5 Å². The predicted octanol–water partition coefficient (Wildman–Crippen LogP) is 1.78. The van der Waals surface area contributed by atoms with Crippen LogP contribution in [0.1, 0.15) is 32.3 Å². The molecule has 8 nitrogen and oxygen atoms in total. The molecule has 2 atom stereocenters. The minimum absolute atomic E-state index is 0. The highest BCUT2D eigenvalue weighted by Crippen LogP contribution is 2.23. The average Bonchev–Trinajstić information content (AvgIpc) is 3.31. The third-order valence-electron chi connectivity index (χ3n) is 6.17. The van der Waals surface area contributed by atoms with Crippen LogP contribution in [-0.4, -0.2) is 67.1 Å². The molecule has 0 aliphatic carbocycles. The summed E-state index contributed by atoms with van der Waals surface area (Å²) in [6.45, 7) is 4.48. The molecule has 0 saturated carbocycles. The summed E-state index contributed by atoms with van der Waals surface area (Å²) in [6.07, 6.45) is 1.60. The number of hydrogen-bond acceptors (Lipinski definition) is 5. The predicted molar refractivity (Wildman–Crippen MR) is 135 cm³/mol. The van der Waals surface area contributed by atoms with Crippen molar-refractivity contribution < 1.29 is 19.1 Å². The molecule has 1 aliphatic rings. The highest BCUT2D eigenvalue weighted by molar-refractivity contribution is 5.94. The summed E-state index contributed by atoms with van der Waals surface area (Å²) in [4.78, 5) is 40.6. The van der Waals surface area contributed by atoms with Gasteiger partial charge >= 0.3 is 0 Å². The van der Waals surface area contributed by atoms with E-state index < -0.39 is 17.7 Å². The highest BCUT2D eigenvalue weighted by atomic mass is 35.5. The number of ether oxygens (including phenoxy) is 1. The number of methoxy groups -OCH3 is 1. The van der Waals surface area contributed by atoms with E-state index >= 15 is 0 Å². The lowest BCUT2D eigenvalue weighted by Gasteiger charge is -2.32. The van der Waals surface area contributed by atoms with E-state index in [-0.39, 0.29) is 30.1 Å². The van der Waals surface area contributed by atoms with E-state index in [2.05, 4.69) is 10.6 Å². The minimum atomic E-state index is -1.02. The molecule has 3 rings (SSSR count). The molecule has 186 valence electrons. The molecule has 1 saturated heterocycles. The van der Waals surface area contributed by atoms with Crippen molar-refractivity contribution >= 4 is 40.9 Å². The minimum Gasteiger partial charge on any atom is -0.369 e. The molecule has 34 heavy (non-hydrogen) atoms. The zero-order valence-electron chi connectivity index (χ0n) is 20.0. The van der Waals surface area contributed by atoms with Gasteiger partial charge in [-0.15, -0.1) is 12.4 Å². The fourth-order valence-corrected chi connectivity index (χ4v) is 4.11. The standard InChI is InChI=1S/C25H34N4O4.ClH/c1-25(2,33-3)24(32)29-14-6-9-21(29)23(31)28-20(22(30)27-13-12-26)16-17-10-11-18-7-4-5-8-19(18)15-17;/h4-5,7-8,10-11,15,20-21H,6,9,12-14,16,26H2,1-3H3,(H,27,30)(H,28,31);1H/t20-,21+;/m1./s1. The van der Waals surface area contributed by atoms with E-state index in [1.54, 1.807) is 18.7 Å². The highest BCUT2D eigenvalue weighted by Gasteiger charge is 2.41. The Morgan fingerprint density at radius 2 is 1.88 bits per heavy atom. The van der Waals surface area contributed by atoms with Crippen molar-refractivity contribution in [3.8, 4) is 0 Å². The van der Waals surface area contributed by atoms with Crippen molar-refractivity contribution in [3.05, 3.63) is 48.0 Å². The van der Waals surface area contributed by atoms with Gasteiger partial charge in [-0.05, 0) is 43.0 Å². The van der Waals surface area contributed by atoms with Crippen LogP contribution < -0.4 is 16.4 Å². The Hall–Kier alpha value is -2.68. The topological polar surface area (TPSA) is 114 Å². The van der Waals surface area contributed by atoms with Gasteiger partial charge in [0, 0.05) is 33.2 Å². The van der Waals surface area contributed by atoms with Crippen LogP contribution >= 0.6 is 12.4 Å². The number of nitrogens with two attached hydrogens (primary N) is 1. The maximum absolute atomic E-state index is 13.2. The van der Waals surface area contributed by atoms with Gasteiger partial charge < -0.3 is 26.0 Å². The van der Waals surface area contributed by atoms with Crippen LogP contribution in [0.2, 0.25) is 0 Å². The molecule has 0 spiro atoms. The normalized spacial score (nSPS) is 16.6. The second-order valence-electron chi connectivity index (χ2n) is 8.90. The van der Waals surface area contributed by atoms with Crippen LogP contribution in [-0.2, 0) is 25.5 Å². The SMILES string of the molecule is COC(C)(C)C(=O)N1CCC[C@H]1C(=O)N[C@H](Cc1ccc2ccccc2c1)C(=O)NCCN.Cl. The Kier molecular flexibility index (Phi) is 9.85. The van der Waals surface area contributed by atoms with E-state index in [0.29, 0.717) is 32.5 Å². The zero-order valence-corrected chi connectivity index (χ0v) is 20.8. The lowest BCUT2D eigenvalue weighted by Crippen LogP contribution is -2.56. The summed E-state index contributed by atoms with van der Waals surface area (Å²) in [6, 6.07) is 12.6. The average molecular weight is 491 g/mol. The molecule has 0 aromatic heterocycles. The van der Waals surface area contributed by atoms with Crippen LogP contribution in [0, 0.1) is 0 Å². The number of fused-ring (bicyclic) bond motifs is 1. The summed E-state index contributed by atoms with van der Waals surface area (Å²) in [7, 11) is 1.48. The van der Waals surface area contributed by atoms with Gasteiger partial charge in [0.25, 0.3) is 5.91 Å². The summed E-state index contributed by atoms with van der Waals surface area (Å²) in [5.41, 5.74) is 5.45. The molecule has 2 aromatic carbocycles.